The van der Waals surface area contributed by atoms with E-state index in [1.54, 1.807) is 0 Å². The lowest BCUT2D eigenvalue weighted by Gasteiger charge is -2.32. The van der Waals surface area contributed by atoms with E-state index in [0.29, 0.717) is 0 Å². The smallest absolute Gasteiger partial charge is 0.0187 e. The third-order valence-electron chi connectivity index (χ3n) is 4.21. The van der Waals surface area contributed by atoms with Crippen molar-refractivity contribution in [2.75, 3.05) is 10.7 Å². The molecule has 2 heteroatoms. The summed E-state index contributed by atoms with van der Waals surface area (Å²) in [6.45, 7) is 6.51. The lowest BCUT2D eigenvalue weighted by molar-refractivity contribution is 0.549. The molecule has 0 heterocycles. The first-order valence-electron chi connectivity index (χ1n) is 7.26. The minimum atomic E-state index is 0.0895. The molecule has 0 unspecified atom stereocenters. The van der Waals surface area contributed by atoms with Gasteiger partial charge in [-0.05, 0) is 43.9 Å². The molecule has 0 aromatic heterocycles. The molecule has 0 nitrogen and oxygen atoms in total. The van der Waals surface area contributed by atoms with Gasteiger partial charge in [-0.25, -0.2) is 0 Å². The maximum Gasteiger partial charge on any atom is 0.0187 e. The minimum absolute atomic E-state index is 0.0895. The Morgan fingerprint density at radius 3 is 1.95 bits per heavy atom. The monoisotopic (exact) mass is 408 g/mol. The summed E-state index contributed by atoms with van der Waals surface area (Å²) < 4.78 is 0. The van der Waals surface area contributed by atoms with Gasteiger partial charge in [0.15, 0.2) is 0 Å². The van der Waals surface area contributed by atoms with Crippen molar-refractivity contribution in [2.45, 2.75) is 32.6 Å². The van der Waals surface area contributed by atoms with Gasteiger partial charge in [0, 0.05) is 16.1 Å². The molecule has 2 aromatic carbocycles. The Hall–Kier alpha value is -0.600. The van der Waals surface area contributed by atoms with Crippen LogP contribution in [0.5, 0.6) is 0 Å². The Kier molecular flexibility index (Phi) is 5.67. The number of hydrogen-bond donors (Lipinski definition) is 0. The van der Waals surface area contributed by atoms with Crippen LogP contribution in [0.15, 0.2) is 42.5 Å². The Labute approximate surface area is 145 Å². The Bertz CT molecular complexity index is 595. The van der Waals surface area contributed by atoms with Crippen LogP contribution in [-0.4, -0.2) is 10.7 Å². The van der Waals surface area contributed by atoms with E-state index in [-0.39, 0.29) is 5.41 Å². The van der Waals surface area contributed by atoms with E-state index in [0.717, 1.165) is 17.1 Å². The van der Waals surface area contributed by atoms with Gasteiger partial charge in [-0.2, -0.15) is 0 Å². The first-order valence-corrected chi connectivity index (χ1v) is 9.50. The van der Waals surface area contributed by atoms with Crippen LogP contribution in [0.25, 0.3) is 0 Å². The molecule has 2 aromatic rings. The molecule has 0 N–H and O–H groups in total. The number of benzene rings is 2. The van der Waals surface area contributed by atoms with Crippen LogP contribution in [0.2, 0.25) is 0 Å². The average Bonchev–Trinajstić information content (AvgIpc) is 2.49. The van der Waals surface area contributed by atoms with E-state index in [2.05, 4.69) is 95.1 Å². The van der Waals surface area contributed by atoms with E-state index < -0.39 is 0 Å². The molecule has 0 bridgehead atoms. The van der Waals surface area contributed by atoms with Crippen molar-refractivity contribution < 1.29 is 0 Å². The van der Waals surface area contributed by atoms with Gasteiger partial charge in [0.05, 0.1) is 0 Å². The van der Waals surface area contributed by atoms with Crippen LogP contribution in [0.4, 0.5) is 0 Å². The van der Waals surface area contributed by atoms with E-state index in [1.165, 1.54) is 27.8 Å². The summed E-state index contributed by atoms with van der Waals surface area (Å²) in [5.74, 6) is 0. The molecule has 0 aliphatic heterocycles. The first kappa shape index (κ1) is 16.8. The Morgan fingerprint density at radius 2 is 1.38 bits per heavy atom. The maximum absolute atomic E-state index is 3.76. The van der Waals surface area contributed by atoms with E-state index >= 15 is 0 Å². The van der Waals surface area contributed by atoms with Crippen molar-refractivity contribution >= 4 is 31.9 Å². The van der Waals surface area contributed by atoms with E-state index in [1.807, 2.05) is 0 Å². The Balaban J connectivity index is 2.42. The number of alkyl halides is 2. The second-order valence-corrected chi connectivity index (χ2v) is 7.14. The van der Waals surface area contributed by atoms with E-state index in [9.17, 15) is 0 Å². The predicted molar refractivity (Wildman–Crippen MR) is 100 cm³/mol. The van der Waals surface area contributed by atoms with E-state index in [4.69, 9.17) is 0 Å². The standard InChI is InChI=1S/C19H22Br2/c1-14-5-8-18(9-6-14)19(12-20,13-21)11-17-10-15(2)4-7-16(17)3/h4-10H,11-13H2,1-3H3. The van der Waals surface area contributed by atoms with Gasteiger partial charge in [-0.3, -0.25) is 0 Å². The average molecular weight is 410 g/mol. The summed E-state index contributed by atoms with van der Waals surface area (Å²) in [7, 11) is 0. The third kappa shape index (κ3) is 3.78. The fraction of sp³-hybridized carbons (Fsp3) is 0.368. The molecule has 0 amide bonds. The molecule has 2 rings (SSSR count). The molecule has 0 radical (unpaired) electrons. The minimum Gasteiger partial charge on any atom is -0.0918 e. The number of halogens is 2. The van der Waals surface area contributed by atoms with Gasteiger partial charge in [0.1, 0.15) is 0 Å². The van der Waals surface area contributed by atoms with Gasteiger partial charge < -0.3 is 0 Å². The Morgan fingerprint density at radius 1 is 0.810 bits per heavy atom. The fourth-order valence-electron chi connectivity index (χ4n) is 2.65. The highest BCUT2D eigenvalue weighted by Gasteiger charge is 2.30. The summed E-state index contributed by atoms with van der Waals surface area (Å²) in [6.07, 6.45) is 1.04. The molecule has 0 aliphatic rings. The van der Waals surface area contributed by atoms with Crippen LogP contribution in [0.1, 0.15) is 27.8 Å². The van der Waals surface area contributed by atoms with Gasteiger partial charge in [0.25, 0.3) is 0 Å². The molecule has 112 valence electrons. The summed E-state index contributed by atoms with van der Waals surface area (Å²) in [6, 6.07) is 15.7. The van der Waals surface area contributed by atoms with Crippen LogP contribution in [-0.2, 0) is 11.8 Å². The topological polar surface area (TPSA) is 0 Å². The van der Waals surface area contributed by atoms with Crippen molar-refractivity contribution in [1.29, 1.82) is 0 Å². The molecule has 0 atom stereocenters. The van der Waals surface area contributed by atoms with Crippen molar-refractivity contribution in [2.24, 2.45) is 0 Å². The summed E-state index contributed by atoms with van der Waals surface area (Å²) in [5.41, 5.74) is 6.93. The fourth-order valence-corrected chi connectivity index (χ4v) is 4.62. The zero-order chi connectivity index (χ0) is 15.5. The number of rotatable bonds is 5. The van der Waals surface area contributed by atoms with Gasteiger partial charge >= 0.3 is 0 Å². The van der Waals surface area contributed by atoms with Crippen molar-refractivity contribution in [1.82, 2.24) is 0 Å². The van der Waals surface area contributed by atoms with Gasteiger partial charge in [0.2, 0.25) is 0 Å². The maximum atomic E-state index is 3.76. The summed E-state index contributed by atoms with van der Waals surface area (Å²) in [5, 5.41) is 1.89. The SMILES string of the molecule is Cc1ccc(C(CBr)(CBr)Cc2cc(C)ccc2C)cc1. The molecular formula is C19H22Br2. The largest absolute Gasteiger partial charge is 0.0918 e. The summed E-state index contributed by atoms with van der Waals surface area (Å²) >= 11 is 7.52. The first-order chi connectivity index (χ1) is 10.0. The lowest BCUT2D eigenvalue weighted by atomic mass is 9.78. The molecule has 21 heavy (non-hydrogen) atoms. The molecule has 0 saturated heterocycles. The molecule has 0 aliphatic carbocycles. The predicted octanol–water partition coefficient (Wildman–Crippen LogP) is 5.88. The second kappa shape index (κ2) is 7.11. The highest BCUT2D eigenvalue weighted by atomic mass is 79.9. The lowest BCUT2D eigenvalue weighted by Crippen LogP contribution is -2.33. The zero-order valence-electron chi connectivity index (χ0n) is 12.9. The normalized spacial score (nSPS) is 11.7. The highest BCUT2D eigenvalue weighted by Crippen LogP contribution is 2.34. The van der Waals surface area contributed by atoms with Crippen LogP contribution >= 0.6 is 31.9 Å². The zero-order valence-corrected chi connectivity index (χ0v) is 16.1. The molecule has 0 saturated carbocycles. The molecular weight excluding hydrogens is 388 g/mol. The van der Waals surface area contributed by atoms with Gasteiger partial charge in [-0.1, -0.05) is 85.5 Å². The van der Waals surface area contributed by atoms with Crippen LogP contribution in [0, 0.1) is 20.8 Å². The quantitative estimate of drug-likeness (QED) is 0.540. The molecule has 0 fully saturated rings. The van der Waals surface area contributed by atoms with Gasteiger partial charge in [-0.15, -0.1) is 0 Å². The third-order valence-corrected chi connectivity index (χ3v) is 6.36. The summed E-state index contributed by atoms with van der Waals surface area (Å²) in [4.78, 5) is 0. The second-order valence-electron chi connectivity index (χ2n) is 6.02. The molecule has 0 spiro atoms. The number of hydrogen-bond acceptors (Lipinski definition) is 0. The van der Waals surface area contributed by atoms with Crippen molar-refractivity contribution in [3.05, 3.63) is 70.3 Å². The van der Waals surface area contributed by atoms with Crippen molar-refractivity contribution in [3.8, 4) is 0 Å². The van der Waals surface area contributed by atoms with Crippen molar-refractivity contribution in [3.63, 3.8) is 0 Å². The number of aryl methyl sites for hydroxylation is 3. The van der Waals surface area contributed by atoms with Crippen LogP contribution in [0.3, 0.4) is 0 Å². The highest BCUT2D eigenvalue weighted by molar-refractivity contribution is 9.09. The van der Waals surface area contributed by atoms with Crippen LogP contribution < -0.4 is 0 Å².